The molecule has 1 saturated heterocycles. The van der Waals surface area contributed by atoms with Crippen LogP contribution in [0.3, 0.4) is 0 Å². The van der Waals surface area contributed by atoms with E-state index < -0.39 is 17.9 Å². The number of halogens is 2. The van der Waals surface area contributed by atoms with Crippen LogP contribution < -0.4 is 0 Å². The van der Waals surface area contributed by atoms with Crippen molar-refractivity contribution in [3.05, 3.63) is 33.8 Å². The Bertz CT molecular complexity index is 533. The number of benzene rings is 1. The fourth-order valence-electron chi connectivity index (χ4n) is 2.49. The summed E-state index contributed by atoms with van der Waals surface area (Å²) in [6.45, 7) is 2.29. The highest BCUT2D eigenvalue weighted by atomic mass is 35.5. The predicted molar refractivity (Wildman–Crippen MR) is 72.3 cm³/mol. The first-order chi connectivity index (χ1) is 8.95. The molecule has 2 unspecified atom stereocenters. The maximum absolute atomic E-state index is 11.9. The van der Waals surface area contributed by atoms with Crippen molar-refractivity contribution in [3.63, 3.8) is 0 Å². The highest BCUT2D eigenvalue weighted by Crippen LogP contribution is 2.39. The van der Waals surface area contributed by atoms with E-state index in [4.69, 9.17) is 23.2 Å². The number of carbonyl (C=O) groups is 2. The Kier molecular flexibility index (Phi) is 4.02. The maximum Gasteiger partial charge on any atom is 0.309 e. The van der Waals surface area contributed by atoms with Crippen molar-refractivity contribution in [1.29, 1.82) is 0 Å². The van der Waals surface area contributed by atoms with Crippen LogP contribution in [0.25, 0.3) is 0 Å². The lowest BCUT2D eigenvalue weighted by atomic mass is 9.94. The highest BCUT2D eigenvalue weighted by molar-refractivity contribution is 6.42. The van der Waals surface area contributed by atoms with Gasteiger partial charge < -0.3 is 10.0 Å². The average Bonchev–Trinajstić information content (AvgIpc) is 2.69. The zero-order valence-electron chi connectivity index (χ0n) is 10.3. The number of carboxylic acids is 1. The summed E-state index contributed by atoms with van der Waals surface area (Å²) in [5.41, 5.74) is 0.703. The second-order valence-electron chi connectivity index (χ2n) is 4.45. The number of hydrogen-bond donors (Lipinski definition) is 1. The van der Waals surface area contributed by atoms with Crippen molar-refractivity contribution in [2.75, 3.05) is 6.54 Å². The molecule has 1 aromatic carbocycles. The smallest absolute Gasteiger partial charge is 0.309 e. The zero-order chi connectivity index (χ0) is 14.2. The first-order valence-electron chi connectivity index (χ1n) is 5.93. The molecular weight excluding hydrogens is 289 g/mol. The van der Waals surface area contributed by atoms with Gasteiger partial charge in [-0.05, 0) is 24.6 Å². The molecule has 1 aromatic rings. The van der Waals surface area contributed by atoms with Crippen LogP contribution in [0.5, 0.6) is 0 Å². The number of hydrogen-bond acceptors (Lipinski definition) is 2. The van der Waals surface area contributed by atoms with Gasteiger partial charge in [-0.25, -0.2) is 0 Å². The lowest BCUT2D eigenvalue weighted by Gasteiger charge is -2.26. The van der Waals surface area contributed by atoms with E-state index in [1.807, 2.05) is 6.92 Å². The standard InChI is InChI=1S/C13H13Cl2NO3/c1-2-16-11(17)6-8(13(18)19)12(16)7-3-4-9(14)10(15)5-7/h3-5,8,12H,2,6H2,1H3,(H,18,19). The fraction of sp³-hybridized carbons (Fsp3) is 0.385. The first-order valence-corrected chi connectivity index (χ1v) is 6.68. The summed E-state index contributed by atoms with van der Waals surface area (Å²) < 4.78 is 0. The van der Waals surface area contributed by atoms with E-state index in [9.17, 15) is 14.7 Å². The van der Waals surface area contributed by atoms with Gasteiger partial charge in [0.2, 0.25) is 5.91 Å². The van der Waals surface area contributed by atoms with Gasteiger partial charge >= 0.3 is 5.97 Å². The number of carbonyl (C=O) groups excluding carboxylic acids is 1. The normalized spacial score (nSPS) is 22.9. The van der Waals surface area contributed by atoms with Crippen LogP contribution in [-0.2, 0) is 9.59 Å². The van der Waals surface area contributed by atoms with Crippen molar-refractivity contribution in [2.45, 2.75) is 19.4 Å². The Balaban J connectivity index is 2.45. The van der Waals surface area contributed by atoms with Gasteiger partial charge in [0.1, 0.15) is 0 Å². The summed E-state index contributed by atoms with van der Waals surface area (Å²) >= 11 is 11.8. The number of amides is 1. The minimum Gasteiger partial charge on any atom is -0.481 e. The molecule has 0 spiro atoms. The third-order valence-corrected chi connectivity index (χ3v) is 4.11. The monoisotopic (exact) mass is 301 g/mol. The zero-order valence-corrected chi connectivity index (χ0v) is 11.8. The Morgan fingerprint density at radius 3 is 2.63 bits per heavy atom. The van der Waals surface area contributed by atoms with Crippen molar-refractivity contribution in [1.82, 2.24) is 4.90 Å². The third kappa shape index (κ3) is 2.55. The lowest BCUT2D eigenvalue weighted by Crippen LogP contribution is -2.30. The number of carboxylic acid groups (broad SMARTS) is 1. The van der Waals surface area contributed by atoms with Gasteiger partial charge in [0.05, 0.1) is 22.0 Å². The molecule has 1 heterocycles. The van der Waals surface area contributed by atoms with Crippen LogP contribution in [0.1, 0.15) is 24.9 Å². The average molecular weight is 302 g/mol. The molecular formula is C13H13Cl2NO3. The molecule has 102 valence electrons. The van der Waals surface area contributed by atoms with Crippen molar-refractivity contribution >= 4 is 35.1 Å². The largest absolute Gasteiger partial charge is 0.481 e. The second-order valence-corrected chi connectivity index (χ2v) is 5.26. The Morgan fingerprint density at radius 1 is 1.42 bits per heavy atom. The number of aliphatic carboxylic acids is 1. The van der Waals surface area contributed by atoms with Gasteiger partial charge in [0, 0.05) is 13.0 Å². The lowest BCUT2D eigenvalue weighted by molar-refractivity contribution is -0.142. The van der Waals surface area contributed by atoms with E-state index in [1.165, 1.54) is 0 Å². The molecule has 1 N–H and O–H groups in total. The van der Waals surface area contributed by atoms with E-state index in [0.29, 0.717) is 22.2 Å². The maximum atomic E-state index is 11.9. The molecule has 0 aromatic heterocycles. The van der Waals surface area contributed by atoms with Crippen LogP contribution >= 0.6 is 23.2 Å². The van der Waals surface area contributed by atoms with Gasteiger partial charge in [-0.15, -0.1) is 0 Å². The summed E-state index contributed by atoms with van der Waals surface area (Å²) in [5.74, 6) is -1.86. The SMILES string of the molecule is CCN1C(=O)CC(C(=O)O)C1c1ccc(Cl)c(Cl)c1. The molecule has 1 amide bonds. The van der Waals surface area contributed by atoms with Crippen LogP contribution in [0.2, 0.25) is 10.0 Å². The fourth-order valence-corrected chi connectivity index (χ4v) is 2.80. The molecule has 1 fully saturated rings. The molecule has 4 nitrogen and oxygen atoms in total. The Hall–Kier alpha value is -1.26. The summed E-state index contributed by atoms with van der Waals surface area (Å²) in [6, 6.07) is 4.49. The van der Waals surface area contributed by atoms with Gasteiger partial charge in [0.15, 0.2) is 0 Å². The minimum absolute atomic E-state index is 0.0219. The summed E-state index contributed by atoms with van der Waals surface area (Å²) in [6.07, 6.45) is 0.0219. The topological polar surface area (TPSA) is 57.6 Å². The first kappa shape index (κ1) is 14.2. The van der Waals surface area contributed by atoms with E-state index in [0.717, 1.165) is 0 Å². The molecule has 6 heteroatoms. The molecule has 2 atom stereocenters. The van der Waals surface area contributed by atoms with E-state index in [-0.39, 0.29) is 12.3 Å². The van der Waals surface area contributed by atoms with Gasteiger partial charge in [-0.1, -0.05) is 29.3 Å². The molecule has 1 aliphatic rings. The van der Waals surface area contributed by atoms with Crippen LogP contribution in [0, 0.1) is 5.92 Å². The number of rotatable bonds is 3. The predicted octanol–water partition coefficient (Wildman–Crippen LogP) is 2.99. The van der Waals surface area contributed by atoms with E-state index >= 15 is 0 Å². The minimum atomic E-state index is -0.972. The van der Waals surface area contributed by atoms with Gasteiger partial charge in [-0.3, -0.25) is 9.59 Å². The molecule has 1 aliphatic heterocycles. The second kappa shape index (κ2) is 5.39. The molecule has 0 radical (unpaired) electrons. The van der Waals surface area contributed by atoms with Crippen molar-refractivity contribution in [2.24, 2.45) is 5.92 Å². The highest BCUT2D eigenvalue weighted by Gasteiger charge is 2.43. The summed E-state index contributed by atoms with van der Waals surface area (Å²) in [7, 11) is 0. The molecule has 0 saturated carbocycles. The molecule has 2 rings (SSSR count). The quantitative estimate of drug-likeness (QED) is 0.934. The summed E-state index contributed by atoms with van der Waals surface area (Å²) in [5, 5.41) is 10.0. The van der Waals surface area contributed by atoms with Crippen LogP contribution in [0.15, 0.2) is 18.2 Å². The van der Waals surface area contributed by atoms with Gasteiger partial charge in [0.25, 0.3) is 0 Å². The Morgan fingerprint density at radius 2 is 2.11 bits per heavy atom. The summed E-state index contributed by atoms with van der Waals surface area (Å²) in [4.78, 5) is 24.7. The number of likely N-dealkylation sites (tertiary alicyclic amines) is 1. The number of nitrogens with zero attached hydrogens (tertiary/aromatic N) is 1. The molecule has 0 bridgehead atoms. The van der Waals surface area contributed by atoms with Crippen molar-refractivity contribution < 1.29 is 14.7 Å². The Labute approximate surface area is 120 Å². The third-order valence-electron chi connectivity index (χ3n) is 3.37. The van der Waals surface area contributed by atoms with Crippen LogP contribution in [-0.4, -0.2) is 28.4 Å². The van der Waals surface area contributed by atoms with Crippen molar-refractivity contribution in [3.8, 4) is 0 Å². The van der Waals surface area contributed by atoms with E-state index in [1.54, 1.807) is 23.1 Å². The molecule has 19 heavy (non-hydrogen) atoms. The van der Waals surface area contributed by atoms with Gasteiger partial charge in [-0.2, -0.15) is 0 Å². The van der Waals surface area contributed by atoms with E-state index in [2.05, 4.69) is 0 Å². The molecule has 0 aliphatic carbocycles. The van der Waals surface area contributed by atoms with Crippen LogP contribution in [0.4, 0.5) is 0 Å².